The first-order valence-electron chi connectivity index (χ1n) is 8.32. The van der Waals surface area contributed by atoms with E-state index in [1.807, 2.05) is 23.9 Å². The first-order chi connectivity index (χ1) is 10.3. The zero-order valence-corrected chi connectivity index (χ0v) is 15.1. The summed E-state index contributed by atoms with van der Waals surface area (Å²) >= 11 is 7.83. The highest BCUT2D eigenvalue weighted by Gasteiger charge is 2.06. The molecule has 120 valence electrons. The van der Waals surface area contributed by atoms with E-state index in [2.05, 4.69) is 31.4 Å². The minimum Gasteiger partial charge on any atom is -0.316 e. The summed E-state index contributed by atoms with van der Waals surface area (Å²) in [6.45, 7) is 2.27. The molecular weight excluding hydrogens is 298 g/mol. The number of rotatable bonds is 12. The quantitative estimate of drug-likeness (QED) is 0.364. The van der Waals surface area contributed by atoms with Crippen molar-refractivity contribution in [3.05, 3.63) is 29.3 Å². The van der Waals surface area contributed by atoms with E-state index < -0.39 is 0 Å². The summed E-state index contributed by atoms with van der Waals surface area (Å²) in [6, 6.07) is 8.76. The molecule has 1 N–H and O–H groups in total. The molecule has 0 saturated carbocycles. The second-order valence-electron chi connectivity index (χ2n) is 5.66. The van der Waals surface area contributed by atoms with Gasteiger partial charge in [0.15, 0.2) is 0 Å². The number of benzene rings is 1. The highest BCUT2D eigenvalue weighted by atomic mass is 35.5. The van der Waals surface area contributed by atoms with Crippen LogP contribution >= 0.6 is 23.4 Å². The van der Waals surface area contributed by atoms with Gasteiger partial charge in [0.25, 0.3) is 0 Å². The van der Waals surface area contributed by atoms with E-state index >= 15 is 0 Å². The van der Waals surface area contributed by atoms with Crippen molar-refractivity contribution in [3.8, 4) is 0 Å². The number of hydrogen-bond donors (Lipinski definition) is 1. The Morgan fingerprint density at radius 1 is 1.00 bits per heavy atom. The smallest absolute Gasteiger partial charge is 0.0406 e. The molecule has 1 nitrogen and oxygen atoms in total. The van der Waals surface area contributed by atoms with Crippen LogP contribution in [0.25, 0.3) is 0 Å². The van der Waals surface area contributed by atoms with E-state index in [-0.39, 0.29) is 0 Å². The fraction of sp³-hybridized carbons (Fsp3) is 0.667. The van der Waals surface area contributed by atoms with Crippen molar-refractivity contribution in [1.29, 1.82) is 0 Å². The molecule has 1 rings (SSSR count). The monoisotopic (exact) mass is 327 g/mol. The van der Waals surface area contributed by atoms with Crippen LogP contribution in [-0.4, -0.2) is 18.8 Å². The summed E-state index contributed by atoms with van der Waals surface area (Å²) in [4.78, 5) is 1.30. The van der Waals surface area contributed by atoms with Crippen molar-refractivity contribution < 1.29 is 0 Å². The molecule has 0 fully saturated rings. The van der Waals surface area contributed by atoms with Gasteiger partial charge < -0.3 is 5.32 Å². The molecule has 0 aliphatic heterocycles. The SMILES string of the molecule is CCCCCCCCCC(CSc1ccc(Cl)cc1)NC. The fourth-order valence-corrected chi connectivity index (χ4v) is 3.57. The average Bonchev–Trinajstić information content (AvgIpc) is 2.51. The largest absolute Gasteiger partial charge is 0.316 e. The van der Waals surface area contributed by atoms with Gasteiger partial charge >= 0.3 is 0 Å². The Morgan fingerprint density at radius 3 is 2.24 bits per heavy atom. The van der Waals surface area contributed by atoms with Gasteiger partial charge in [0.05, 0.1) is 0 Å². The van der Waals surface area contributed by atoms with Gasteiger partial charge in [-0.1, -0.05) is 63.5 Å². The zero-order chi connectivity index (χ0) is 15.3. The summed E-state index contributed by atoms with van der Waals surface area (Å²) in [7, 11) is 2.08. The Labute approximate surface area is 140 Å². The van der Waals surface area contributed by atoms with Gasteiger partial charge in [0.1, 0.15) is 0 Å². The van der Waals surface area contributed by atoms with Gasteiger partial charge in [0, 0.05) is 21.7 Å². The molecule has 1 unspecified atom stereocenters. The highest BCUT2D eigenvalue weighted by Crippen LogP contribution is 2.22. The van der Waals surface area contributed by atoms with Crippen molar-refractivity contribution in [2.75, 3.05) is 12.8 Å². The first kappa shape index (κ1) is 18.9. The lowest BCUT2D eigenvalue weighted by molar-refractivity contribution is 0.511. The van der Waals surface area contributed by atoms with Gasteiger partial charge in [-0.15, -0.1) is 11.8 Å². The summed E-state index contributed by atoms with van der Waals surface area (Å²) in [5, 5.41) is 4.26. The lowest BCUT2D eigenvalue weighted by Crippen LogP contribution is -2.27. The van der Waals surface area contributed by atoms with Crippen molar-refractivity contribution in [2.45, 2.75) is 69.2 Å². The van der Waals surface area contributed by atoms with E-state index in [0.717, 1.165) is 10.8 Å². The summed E-state index contributed by atoms with van der Waals surface area (Å²) in [5.41, 5.74) is 0. The van der Waals surface area contributed by atoms with Crippen molar-refractivity contribution in [3.63, 3.8) is 0 Å². The average molecular weight is 328 g/mol. The summed E-state index contributed by atoms with van der Waals surface area (Å²) in [6.07, 6.45) is 11.0. The number of halogens is 1. The molecule has 0 aliphatic carbocycles. The Hall–Kier alpha value is -0.180. The predicted octanol–water partition coefficient (Wildman–Crippen LogP) is 6.16. The van der Waals surface area contributed by atoms with Crippen LogP contribution in [0.3, 0.4) is 0 Å². The van der Waals surface area contributed by atoms with Crippen molar-refractivity contribution >= 4 is 23.4 Å². The summed E-state index contributed by atoms with van der Waals surface area (Å²) in [5.74, 6) is 1.13. The lowest BCUT2D eigenvalue weighted by Gasteiger charge is -2.15. The Kier molecular flexibility index (Phi) is 11.1. The summed E-state index contributed by atoms with van der Waals surface area (Å²) < 4.78 is 0. The molecule has 21 heavy (non-hydrogen) atoms. The molecule has 0 bridgehead atoms. The van der Waals surface area contributed by atoms with Gasteiger partial charge in [-0.3, -0.25) is 0 Å². The molecule has 1 aromatic rings. The van der Waals surface area contributed by atoms with E-state index in [0.29, 0.717) is 6.04 Å². The van der Waals surface area contributed by atoms with Crippen molar-refractivity contribution in [2.24, 2.45) is 0 Å². The Bertz CT molecular complexity index is 353. The molecule has 0 heterocycles. The number of unbranched alkanes of at least 4 members (excludes halogenated alkanes) is 6. The zero-order valence-electron chi connectivity index (χ0n) is 13.5. The van der Waals surface area contributed by atoms with Gasteiger partial charge in [-0.25, -0.2) is 0 Å². The minimum absolute atomic E-state index is 0.612. The second-order valence-corrected chi connectivity index (χ2v) is 7.19. The standard InChI is InChI=1S/C18H30ClNS/c1-3-4-5-6-7-8-9-10-17(20-2)15-21-18-13-11-16(19)12-14-18/h11-14,17,20H,3-10,15H2,1-2H3. The fourth-order valence-electron chi connectivity index (χ4n) is 2.39. The third-order valence-electron chi connectivity index (χ3n) is 3.83. The lowest BCUT2D eigenvalue weighted by atomic mass is 10.1. The molecule has 1 aromatic carbocycles. The highest BCUT2D eigenvalue weighted by molar-refractivity contribution is 7.99. The van der Waals surface area contributed by atoms with Gasteiger partial charge in [-0.05, 0) is 37.7 Å². The second kappa shape index (κ2) is 12.4. The van der Waals surface area contributed by atoms with Crippen LogP contribution in [0.2, 0.25) is 5.02 Å². The Morgan fingerprint density at radius 2 is 1.62 bits per heavy atom. The van der Waals surface area contributed by atoms with Crippen LogP contribution in [0, 0.1) is 0 Å². The minimum atomic E-state index is 0.612. The molecule has 0 radical (unpaired) electrons. The predicted molar refractivity (Wildman–Crippen MR) is 97.6 cm³/mol. The van der Waals surface area contributed by atoms with E-state index in [9.17, 15) is 0 Å². The van der Waals surface area contributed by atoms with Gasteiger partial charge in [-0.2, -0.15) is 0 Å². The Balaban J connectivity index is 2.09. The van der Waals surface area contributed by atoms with Crippen LogP contribution in [0.5, 0.6) is 0 Å². The number of nitrogens with one attached hydrogen (secondary N) is 1. The molecular formula is C18H30ClNS. The molecule has 0 saturated heterocycles. The maximum atomic E-state index is 5.91. The van der Waals surface area contributed by atoms with E-state index in [4.69, 9.17) is 11.6 Å². The van der Waals surface area contributed by atoms with E-state index in [1.165, 1.54) is 56.3 Å². The molecule has 0 aliphatic rings. The molecule has 3 heteroatoms. The molecule has 0 spiro atoms. The number of hydrogen-bond acceptors (Lipinski definition) is 2. The maximum Gasteiger partial charge on any atom is 0.0406 e. The molecule has 0 amide bonds. The molecule has 0 aromatic heterocycles. The van der Waals surface area contributed by atoms with Gasteiger partial charge in [0.2, 0.25) is 0 Å². The third-order valence-corrected chi connectivity index (χ3v) is 5.26. The molecule has 1 atom stereocenters. The van der Waals surface area contributed by atoms with Crippen LogP contribution < -0.4 is 5.32 Å². The van der Waals surface area contributed by atoms with E-state index in [1.54, 1.807) is 0 Å². The number of thioether (sulfide) groups is 1. The first-order valence-corrected chi connectivity index (χ1v) is 9.68. The van der Waals surface area contributed by atoms with Crippen LogP contribution in [0.15, 0.2) is 29.2 Å². The normalized spacial score (nSPS) is 12.5. The van der Waals surface area contributed by atoms with Crippen molar-refractivity contribution in [1.82, 2.24) is 5.32 Å². The van der Waals surface area contributed by atoms with Crippen LogP contribution in [0.1, 0.15) is 58.3 Å². The third kappa shape index (κ3) is 9.44. The topological polar surface area (TPSA) is 12.0 Å². The maximum absolute atomic E-state index is 5.91. The van der Waals surface area contributed by atoms with Crippen LogP contribution in [0.4, 0.5) is 0 Å². The van der Waals surface area contributed by atoms with Crippen LogP contribution in [-0.2, 0) is 0 Å².